The summed E-state index contributed by atoms with van der Waals surface area (Å²) in [5.41, 5.74) is 2.19. The van der Waals surface area contributed by atoms with Crippen molar-refractivity contribution in [3.8, 4) is 12.3 Å². The summed E-state index contributed by atoms with van der Waals surface area (Å²) >= 11 is 1.03. The van der Waals surface area contributed by atoms with E-state index in [1.165, 1.54) is 0 Å². The van der Waals surface area contributed by atoms with Gasteiger partial charge in [0, 0.05) is 12.3 Å². The molecule has 6 N–H and O–H groups in total. The van der Waals surface area contributed by atoms with Crippen LogP contribution in [-0.2, 0) is 25.1 Å². The van der Waals surface area contributed by atoms with Crippen LogP contribution < -0.4 is 16.4 Å². The minimum atomic E-state index is -2.72. The number of halogens is 1. The molecule has 1 fully saturated rings. The number of rotatable bonds is 13. The number of anilines is 1. The van der Waals surface area contributed by atoms with Crippen LogP contribution in [0.4, 0.5) is 10.3 Å². The summed E-state index contributed by atoms with van der Waals surface area (Å²) in [6, 6.07) is 9.46. The molecule has 1 aliphatic rings. The third-order valence-electron chi connectivity index (χ3n) is 6.45. The van der Waals surface area contributed by atoms with E-state index < -0.39 is 43.6 Å². The molecular formula is C26H32FN6O7PS. The zero-order chi connectivity index (χ0) is 30.5. The van der Waals surface area contributed by atoms with Crippen LogP contribution in [0, 0.1) is 17.8 Å². The van der Waals surface area contributed by atoms with Gasteiger partial charge >= 0.3 is 0 Å². The molecule has 13 nitrogen and oxygen atoms in total. The molecule has 2 aromatic heterocycles. The molecule has 226 valence electrons. The van der Waals surface area contributed by atoms with E-state index in [9.17, 15) is 19.8 Å². The lowest BCUT2D eigenvalue weighted by molar-refractivity contribution is -0.119. The van der Waals surface area contributed by atoms with Crippen LogP contribution in [-0.4, -0.2) is 78.3 Å². The highest BCUT2D eigenvalue weighted by molar-refractivity contribution is 8.13. The summed E-state index contributed by atoms with van der Waals surface area (Å²) in [4.78, 5) is 34.8. The fraction of sp³-hybridized carbons (Fsp3) is 0.462. The molecule has 1 aliphatic heterocycles. The fourth-order valence-electron chi connectivity index (χ4n) is 3.96. The third-order valence-corrected chi connectivity index (χ3v) is 8.86. The van der Waals surface area contributed by atoms with Crippen LogP contribution in [0.5, 0.6) is 0 Å². The summed E-state index contributed by atoms with van der Waals surface area (Å²) in [5.74, 6) is 2.05. The number of aliphatic hydroxyl groups is 2. The van der Waals surface area contributed by atoms with E-state index in [1.807, 2.05) is 36.3 Å². The van der Waals surface area contributed by atoms with Crippen LogP contribution in [0.2, 0.25) is 0 Å². The first-order valence-corrected chi connectivity index (χ1v) is 15.0. The Balaban J connectivity index is 1.45. The number of nitrogens with one attached hydrogen (secondary N) is 2. The first kappa shape index (κ1) is 32.0. The number of thioether (sulfide) groups is 1. The number of terminal acetylenes is 1. The van der Waals surface area contributed by atoms with Crippen LogP contribution in [0.15, 0.2) is 41.5 Å². The van der Waals surface area contributed by atoms with Crippen LogP contribution >= 0.6 is 20.3 Å². The van der Waals surface area contributed by atoms with Gasteiger partial charge in [-0.25, -0.2) is 14.5 Å². The smallest absolute Gasteiger partial charge is 0.280 e. The van der Waals surface area contributed by atoms with Gasteiger partial charge in [-0.15, -0.1) is 6.42 Å². The van der Waals surface area contributed by atoms with Crippen molar-refractivity contribution in [3.63, 3.8) is 0 Å². The van der Waals surface area contributed by atoms with Gasteiger partial charge in [-0.05, 0) is 19.4 Å². The number of fused-ring (bicyclic) bond motifs is 1. The van der Waals surface area contributed by atoms with Gasteiger partial charge in [0.2, 0.25) is 11.6 Å². The lowest BCUT2D eigenvalue weighted by Crippen LogP contribution is -2.42. The van der Waals surface area contributed by atoms with E-state index in [0.29, 0.717) is 12.3 Å². The number of nitrogens with two attached hydrogens (primary N) is 1. The number of ether oxygens (including phenoxy) is 1. The molecule has 1 saturated heterocycles. The Morgan fingerprint density at radius 1 is 1.40 bits per heavy atom. The Labute approximate surface area is 246 Å². The number of H-pyrrole nitrogens is 1. The number of aromatic amines is 1. The van der Waals surface area contributed by atoms with Gasteiger partial charge in [0.05, 0.1) is 31.6 Å². The van der Waals surface area contributed by atoms with Gasteiger partial charge in [0.15, 0.2) is 22.5 Å². The Kier molecular flexibility index (Phi) is 10.3. The number of benzene rings is 1. The van der Waals surface area contributed by atoms with Gasteiger partial charge in [-0.2, -0.15) is 4.98 Å². The number of nitrogen functional groups attached to an aromatic ring is 1. The van der Waals surface area contributed by atoms with Crippen molar-refractivity contribution in [1.29, 1.82) is 0 Å². The summed E-state index contributed by atoms with van der Waals surface area (Å²) < 4.78 is 34.7. The summed E-state index contributed by atoms with van der Waals surface area (Å²) in [5, 5.41) is 23.2. The minimum Gasteiger partial charge on any atom is -0.395 e. The number of carbonyl (C=O) groups is 1. The fourth-order valence-corrected chi connectivity index (χ4v) is 6.00. The molecule has 3 aromatic rings. The highest BCUT2D eigenvalue weighted by atomic mass is 32.2. The van der Waals surface area contributed by atoms with Gasteiger partial charge in [-0.3, -0.25) is 19.1 Å². The average Bonchev–Trinajstić information content (AvgIpc) is 3.50. The second-order valence-electron chi connectivity index (χ2n) is 10.0. The van der Waals surface area contributed by atoms with Crippen molar-refractivity contribution in [3.05, 3.63) is 52.6 Å². The van der Waals surface area contributed by atoms with Gasteiger partial charge < -0.3 is 29.7 Å². The monoisotopic (exact) mass is 622 g/mol. The van der Waals surface area contributed by atoms with Gasteiger partial charge in [0.25, 0.3) is 14.1 Å². The number of imidazole rings is 1. The topological polar surface area (TPSA) is 187 Å². The molecule has 4 rings (SSSR count). The molecule has 5 unspecified atom stereocenters. The highest BCUT2D eigenvalue weighted by Crippen LogP contribution is 2.44. The van der Waals surface area contributed by atoms with Crippen LogP contribution in [0.25, 0.3) is 11.2 Å². The van der Waals surface area contributed by atoms with E-state index in [2.05, 4.69) is 20.0 Å². The summed E-state index contributed by atoms with van der Waals surface area (Å²) in [7, 11) is -1.80. The maximum atomic E-state index is 16.0. The first-order valence-electron chi connectivity index (χ1n) is 12.8. The van der Waals surface area contributed by atoms with Crippen molar-refractivity contribution in [1.82, 2.24) is 24.6 Å². The normalized spacial score (nSPS) is 23.2. The molecule has 0 spiro atoms. The molecular weight excluding hydrogens is 590 g/mol. The lowest BCUT2D eigenvalue weighted by Gasteiger charge is -2.23. The number of alkyl halides is 1. The van der Waals surface area contributed by atoms with E-state index in [-0.39, 0.29) is 42.0 Å². The third kappa shape index (κ3) is 6.99. The second-order valence-corrected chi connectivity index (χ2v) is 12.5. The van der Waals surface area contributed by atoms with Crippen molar-refractivity contribution in [2.45, 2.75) is 44.5 Å². The van der Waals surface area contributed by atoms with Crippen LogP contribution in [0.1, 0.15) is 25.6 Å². The molecule has 42 heavy (non-hydrogen) atoms. The Morgan fingerprint density at radius 3 is 2.83 bits per heavy atom. The molecule has 16 heteroatoms. The largest absolute Gasteiger partial charge is 0.395 e. The summed E-state index contributed by atoms with van der Waals surface area (Å²) in [6.07, 6.45) is 1.99. The van der Waals surface area contributed by atoms with Crippen molar-refractivity contribution in [2.75, 3.05) is 31.3 Å². The molecule has 0 radical (unpaired) electrons. The number of aromatic nitrogens is 4. The first-order chi connectivity index (χ1) is 20.0. The van der Waals surface area contributed by atoms with E-state index in [1.54, 1.807) is 13.8 Å². The Morgan fingerprint density at radius 2 is 2.14 bits per heavy atom. The quantitative estimate of drug-likeness (QED) is 0.106. The van der Waals surface area contributed by atoms with Crippen molar-refractivity contribution >= 4 is 42.5 Å². The Bertz CT molecular complexity index is 1490. The average molecular weight is 623 g/mol. The molecule has 0 aliphatic carbocycles. The Hall–Kier alpha value is -2.93. The zero-order valence-corrected chi connectivity index (χ0v) is 24.6. The summed E-state index contributed by atoms with van der Waals surface area (Å²) in [6.45, 7) is 3.22. The number of carbonyl (C=O) groups excluding carboxylic acids is 1. The number of nitrogens with zero attached hydrogens (tertiary/aromatic N) is 3. The molecule has 0 bridgehead atoms. The minimum absolute atomic E-state index is 0.0705. The second kappa shape index (κ2) is 13.6. The van der Waals surface area contributed by atoms with E-state index >= 15 is 4.39 Å². The number of hydrogen-bond acceptors (Lipinski definition) is 12. The van der Waals surface area contributed by atoms with Crippen molar-refractivity contribution < 1.29 is 33.2 Å². The number of hydrogen-bond donors (Lipinski definition) is 5. The van der Waals surface area contributed by atoms with Crippen LogP contribution in [0.3, 0.4) is 0 Å². The molecule has 0 saturated carbocycles. The van der Waals surface area contributed by atoms with Gasteiger partial charge in [0.1, 0.15) is 12.2 Å². The maximum Gasteiger partial charge on any atom is 0.280 e. The maximum absolute atomic E-state index is 16.0. The standard InChI is InChI=1S/C26H32FN6O7PS/c1-4-26(27)19(35)17(40-22(26)33-15-29-18-20(33)31-24(28)32-21(18)36)13-39-41(30-12-16-8-6-5-7-9-16)38-10-11-42-23(37)25(2,3)14-34/h1,5-9,15,17,19,22,30,34-35H,10-14H2,2-3H3,(H3,28,31,32,36). The SMILES string of the molecule is C#CC1(F)C(O)C(COP(NCc2ccccc2)OCCSC(=O)C(C)(C)CO)OC1n1cnc2c(=O)[nH]c(N)nc21. The zero-order valence-electron chi connectivity index (χ0n) is 22.9. The van der Waals surface area contributed by atoms with Gasteiger partial charge in [-0.1, -0.05) is 48.0 Å². The predicted molar refractivity (Wildman–Crippen MR) is 156 cm³/mol. The molecule has 5 atom stereocenters. The van der Waals surface area contributed by atoms with E-state index in [4.69, 9.17) is 25.9 Å². The van der Waals surface area contributed by atoms with E-state index in [0.717, 1.165) is 28.2 Å². The lowest BCUT2D eigenvalue weighted by atomic mass is 9.97. The molecule has 1 aromatic carbocycles. The predicted octanol–water partition coefficient (Wildman–Crippen LogP) is 1.63. The molecule has 0 amide bonds. The molecule has 3 heterocycles. The van der Waals surface area contributed by atoms with Crippen molar-refractivity contribution in [2.24, 2.45) is 5.41 Å². The highest BCUT2D eigenvalue weighted by Gasteiger charge is 2.58. The number of aliphatic hydroxyl groups excluding tert-OH is 2.